The first-order valence-corrected chi connectivity index (χ1v) is 12.3. The molecule has 1 saturated heterocycles. The molecule has 1 aromatic carbocycles. The van der Waals surface area contributed by atoms with Gasteiger partial charge in [0.1, 0.15) is 11.2 Å². The maximum atomic E-state index is 11.1. The summed E-state index contributed by atoms with van der Waals surface area (Å²) >= 11 is 0. The van der Waals surface area contributed by atoms with Crippen molar-refractivity contribution in [1.29, 1.82) is 0 Å². The van der Waals surface area contributed by atoms with Gasteiger partial charge >= 0.3 is 5.97 Å². The Balaban J connectivity index is 1.52. The summed E-state index contributed by atoms with van der Waals surface area (Å²) in [5.41, 5.74) is 0.358. The molecule has 0 saturated carbocycles. The number of hydrogen-bond acceptors (Lipinski definition) is 3. The molecule has 4 nitrogen and oxygen atoms in total. The number of carbonyl (C=O) groups is 1. The fraction of sp³-hybridized carbons (Fsp3) is 0.741. The standard InChI is InChI=1S/C27H44O4/c1-22(14-10-7-5-6-8-11-15-24-16-12-9-13-17-24)18-23(2)19-26(3)21-27(4,31-30-26)20-25(28)29/h9,12-13,16-17,22-23H,5-8,10-11,14-15,18-21H2,1-4H3,(H,28,29)/t22-,23+,26+,27+/m1/s1. The number of benzene rings is 1. The number of aliphatic carboxylic acids is 1. The van der Waals surface area contributed by atoms with Crippen LogP contribution in [0.15, 0.2) is 30.3 Å². The summed E-state index contributed by atoms with van der Waals surface area (Å²) in [4.78, 5) is 22.1. The van der Waals surface area contributed by atoms with Gasteiger partial charge in [-0.25, -0.2) is 9.78 Å². The second-order valence-corrected chi connectivity index (χ2v) is 10.6. The van der Waals surface area contributed by atoms with E-state index in [4.69, 9.17) is 14.9 Å². The first-order chi connectivity index (χ1) is 14.7. The number of unbranched alkanes of at least 4 members (excludes halogenated alkanes) is 5. The van der Waals surface area contributed by atoms with Crippen LogP contribution in [0.5, 0.6) is 0 Å². The zero-order valence-electron chi connectivity index (χ0n) is 20.2. The van der Waals surface area contributed by atoms with Crippen molar-refractivity contribution in [2.75, 3.05) is 0 Å². The predicted molar refractivity (Wildman–Crippen MR) is 126 cm³/mol. The summed E-state index contributed by atoms with van der Waals surface area (Å²) in [6.07, 6.45) is 13.2. The molecular weight excluding hydrogens is 388 g/mol. The molecule has 4 atom stereocenters. The Bertz CT molecular complexity index is 646. The topological polar surface area (TPSA) is 55.8 Å². The van der Waals surface area contributed by atoms with Crippen molar-refractivity contribution in [3.8, 4) is 0 Å². The van der Waals surface area contributed by atoms with Crippen LogP contribution in [0, 0.1) is 11.8 Å². The minimum Gasteiger partial charge on any atom is -0.481 e. The van der Waals surface area contributed by atoms with Gasteiger partial charge in [0, 0.05) is 6.42 Å². The van der Waals surface area contributed by atoms with Crippen LogP contribution in [-0.4, -0.2) is 22.3 Å². The normalized spacial score (nSPS) is 25.4. The van der Waals surface area contributed by atoms with Crippen molar-refractivity contribution in [3.63, 3.8) is 0 Å². The van der Waals surface area contributed by atoms with Crippen molar-refractivity contribution >= 4 is 5.97 Å². The second-order valence-electron chi connectivity index (χ2n) is 10.6. The predicted octanol–water partition coefficient (Wildman–Crippen LogP) is 7.36. The third-order valence-electron chi connectivity index (χ3n) is 6.56. The average Bonchev–Trinajstić information content (AvgIpc) is 2.97. The Kier molecular flexibility index (Phi) is 10.5. The molecule has 1 heterocycles. The molecule has 0 aliphatic carbocycles. The van der Waals surface area contributed by atoms with Crippen molar-refractivity contribution < 1.29 is 19.7 Å². The number of hydrogen-bond donors (Lipinski definition) is 1. The highest BCUT2D eigenvalue weighted by Gasteiger charge is 2.47. The van der Waals surface area contributed by atoms with Crippen LogP contribution in [-0.2, 0) is 21.0 Å². The summed E-state index contributed by atoms with van der Waals surface area (Å²) in [5, 5.41) is 9.09. The van der Waals surface area contributed by atoms with E-state index in [0.717, 1.165) is 6.42 Å². The van der Waals surface area contributed by atoms with Gasteiger partial charge in [0.15, 0.2) is 0 Å². The molecular formula is C27H44O4. The maximum Gasteiger partial charge on any atom is 0.306 e. The largest absolute Gasteiger partial charge is 0.481 e. The van der Waals surface area contributed by atoms with Gasteiger partial charge in [0.25, 0.3) is 0 Å². The van der Waals surface area contributed by atoms with Crippen molar-refractivity contribution in [2.24, 2.45) is 11.8 Å². The van der Waals surface area contributed by atoms with Crippen LogP contribution in [0.3, 0.4) is 0 Å². The van der Waals surface area contributed by atoms with Gasteiger partial charge < -0.3 is 5.11 Å². The molecule has 1 aromatic rings. The lowest BCUT2D eigenvalue weighted by Gasteiger charge is -2.26. The summed E-state index contributed by atoms with van der Waals surface area (Å²) < 4.78 is 0. The Labute approximate surface area is 189 Å². The van der Waals surface area contributed by atoms with Gasteiger partial charge in [-0.2, -0.15) is 0 Å². The minimum atomic E-state index is -0.840. The van der Waals surface area contributed by atoms with E-state index in [0.29, 0.717) is 18.3 Å². The molecule has 0 bridgehead atoms. The van der Waals surface area contributed by atoms with E-state index in [2.05, 4.69) is 51.1 Å². The van der Waals surface area contributed by atoms with Crippen LogP contribution in [0.2, 0.25) is 0 Å². The van der Waals surface area contributed by atoms with E-state index in [-0.39, 0.29) is 12.0 Å². The quantitative estimate of drug-likeness (QED) is 0.232. The summed E-state index contributed by atoms with van der Waals surface area (Å²) in [5.74, 6) is 0.409. The molecule has 1 aliphatic heterocycles. The Morgan fingerprint density at radius 1 is 0.935 bits per heavy atom. The average molecular weight is 433 g/mol. The van der Waals surface area contributed by atoms with E-state index in [1.165, 1.54) is 63.4 Å². The van der Waals surface area contributed by atoms with Crippen LogP contribution >= 0.6 is 0 Å². The molecule has 2 rings (SSSR count). The molecule has 1 fully saturated rings. The van der Waals surface area contributed by atoms with Crippen molar-refractivity contribution in [1.82, 2.24) is 0 Å². The third kappa shape index (κ3) is 10.2. The number of rotatable bonds is 15. The van der Waals surface area contributed by atoms with E-state index in [1.54, 1.807) is 0 Å². The molecule has 0 aromatic heterocycles. The lowest BCUT2D eigenvalue weighted by atomic mass is 9.80. The monoisotopic (exact) mass is 432 g/mol. The third-order valence-corrected chi connectivity index (χ3v) is 6.56. The maximum absolute atomic E-state index is 11.1. The number of carboxylic acids is 1. The first-order valence-electron chi connectivity index (χ1n) is 12.3. The summed E-state index contributed by atoms with van der Waals surface area (Å²) in [7, 11) is 0. The Hall–Kier alpha value is -1.39. The number of aryl methyl sites for hydroxylation is 1. The van der Waals surface area contributed by atoms with E-state index < -0.39 is 11.6 Å². The second kappa shape index (κ2) is 12.6. The molecule has 1 N–H and O–H groups in total. The van der Waals surface area contributed by atoms with E-state index in [9.17, 15) is 4.79 Å². The fourth-order valence-electron chi connectivity index (χ4n) is 5.37. The van der Waals surface area contributed by atoms with Crippen LogP contribution in [0.1, 0.15) is 104 Å². The highest BCUT2D eigenvalue weighted by Crippen LogP contribution is 2.42. The van der Waals surface area contributed by atoms with Gasteiger partial charge in [-0.1, -0.05) is 82.7 Å². The Morgan fingerprint density at radius 3 is 2.23 bits per heavy atom. The van der Waals surface area contributed by atoms with Crippen molar-refractivity contribution in [3.05, 3.63) is 35.9 Å². The Morgan fingerprint density at radius 2 is 1.55 bits per heavy atom. The fourth-order valence-corrected chi connectivity index (χ4v) is 5.37. The molecule has 1 aliphatic rings. The molecule has 0 spiro atoms. The van der Waals surface area contributed by atoms with Crippen LogP contribution < -0.4 is 0 Å². The zero-order valence-corrected chi connectivity index (χ0v) is 20.2. The van der Waals surface area contributed by atoms with Gasteiger partial charge in [-0.3, -0.25) is 4.79 Å². The van der Waals surface area contributed by atoms with Crippen LogP contribution in [0.25, 0.3) is 0 Å². The number of carboxylic acid groups (broad SMARTS) is 1. The lowest BCUT2D eigenvalue weighted by Crippen LogP contribution is -2.32. The smallest absolute Gasteiger partial charge is 0.306 e. The molecule has 0 unspecified atom stereocenters. The molecule has 0 radical (unpaired) electrons. The van der Waals surface area contributed by atoms with Gasteiger partial charge in [-0.15, -0.1) is 0 Å². The molecule has 4 heteroatoms. The molecule has 0 amide bonds. The van der Waals surface area contributed by atoms with E-state index >= 15 is 0 Å². The zero-order chi connectivity index (χ0) is 22.7. The van der Waals surface area contributed by atoms with E-state index in [1.807, 2.05) is 6.92 Å². The highest BCUT2D eigenvalue weighted by atomic mass is 17.2. The summed E-state index contributed by atoms with van der Waals surface area (Å²) in [6.45, 7) is 8.53. The molecule has 31 heavy (non-hydrogen) atoms. The van der Waals surface area contributed by atoms with Gasteiger partial charge in [0.2, 0.25) is 0 Å². The van der Waals surface area contributed by atoms with Crippen LogP contribution in [0.4, 0.5) is 0 Å². The molecule has 176 valence electrons. The summed E-state index contributed by atoms with van der Waals surface area (Å²) in [6, 6.07) is 10.8. The first kappa shape index (κ1) is 25.9. The SMILES string of the molecule is C[C@H](CCCCCCCCc1ccccc1)C[C@H](C)C[C@@]1(C)C[C@](C)(CC(=O)O)OO1. The van der Waals surface area contributed by atoms with Gasteiger partial charge in [-0.05, 0) is 56.9 Å². The minimum absolute atomic E-state index is 0.0143. The van der Waals surface area contributed by atoms with Crippen molar-refractivity contribution in [2.45, 2.75) is 116 Å². The highest BCUT2D eigenvalue weighted by molar-refractivity contribution is 5.68. The lowest BCUT2D eigenvalue weighted by molar-refractivity contribution is -0.346. The van der Waals surface area contributed by atoms with Gasteiger partial charge in [0.05, 0.1) is 6.42 Å².